The van der Waals surface area contributed by atoms with Gasteiger partial charge in [0.25, 0.3) is 5.69 Å². The molecule has 20 heavy (non-hydrogen) atoms. The van der Waals surface area contributed by atoms with Gasteiger partial charge in [-0.25, -0.2) is 0 Å². The molecule has 0 atom stereocenters. The maximum Gasteiger partial charge on any atom is 0.278 e. The first-order valence-corrected chi connectivity index (χ1v) is 6.15. The van der Waals surface area contributed by atoms with Gasteiger partial charge in [-0.3, -0.25) is 10.1 Å². The third-order valence-electron chi connectivity index (χ3n) is 3.48. The summed E-state index contributed by atoms with van der Waals surface area (Å²) in [4.78, 5) is 10.6. The zero-order chi connectivity index (χ0) is 14.3. The summed E-state index contributed by atoms with van der Waals surface area (Å²) in [5.41, 5.74) is 0.940. The van der Waals surface area contributed by atoms with E-state index in [0.717, 1.165) is 17.2 Å². The number of hydrogen-bond donors (Lipinski definition) is 0. The monoisotopic (exact) mass is 271 g/mol. The minimum atomic E-state index is -0.362. The van der Waals surface area contributed by atoms with Crippen molar-refractivity contribution in [2.45, 2.75) is 13.5 Å². The summed E-state index contributed by atoms with van der Waals surface area (Å²) >= 11 is 0. The lowest BCUT2D eigenvalue weighted by Crippen LogP contribution is -2.05. The van der Waals surface area contributed by atoms with Crippen molar-refractivity contribution in [2.24, 2.45) is 7.05 Å². The summed E-state index contributed by atoms with van der Waals surface area (Å²) < 4.78 is 3.84. The predicted octanol–water partition coefficient (Wildman–Crippen LogP) is 2.03. The Balaban J connectivity index is 2.07. The highest BCUT2D eigenvalue weighted by atomic mass is 16.6. The van der Waals surface area contributed by atoms with E-state index >= 15 is 0 Å². The Bertz CT molecular complexity index is 802. The molecule has 0 fully saturated rings. The predicted molar refractivity (Wildman–Crippen MR) is 73.4 cm³/mol. The SMILES string of the molecule is Cc1nnc(Cn2ccc3c([N+](=O)[O-])cccc32)n1C. The second-order valence-electron chi connectivity index (χ2n) is 4.63. The van der Waals surface area contributed by atoms with E-state index in [0.29, 0.717) is 11.9 Å². The third kappa shape index (κ3) is 1.83. The van der Waals surface area contributed by atoms with Crippen LogP contribution in [0.1, 0.15) is 11.6 Å². The molecule has 0 aliphatic rings. The van der Waals surface area contributed by atoms with Crippen molar-refractivity contribution in [2.75, 3.05) is 0 Å². The fourth-order valence-electron chi connectivity index (χ4n) is 2.25. The van der Waals surface area contributed by atoms with Crippen LogP contribution in [0.15, 0.2) is 30.5 Å². The summed E-state index contributed by atoms with van der Waals surface area (Å²) in [5, 5.41) is 19.8. The molecule has 1 aromatic carbocycles. The normalized spacial score (nSPS) is 11.1. The van der Waals surface area contributed by atoms with Gasteiger partial charge in [-0.2, -0.15) is 0 Å². The highest BCUT2D eigenvalue weighted by molar-refractivity contribution is 5.89. The number of nitro benzene ring substituents is 1. The van der Waals surface area contributed by atoms with Crippen LogP contribution >= 0.6 is 0 Å². The summed E-state index contributed by atoms with van der Waals surface area (Å²) in [7, 11) is 1.90. The Kier molecular flexibility index (Phi) is 2.74. The molecule has 7 heteroatoms. The van der Waals surface area contributed by atoms with Crippen LogP contribution in [0.4, 0.5) is 5.69 Å². The summed E-state index contributed by atoms with van der Waals surface area (Å²) in [6, 6.07) is 6.83. The quantitative estimate of drug-likeness (QED) is 0.539. The number of aryl methyl sites for hydroxylation is 1. The lowest BCUT2D eigenvalue weighted by molar-refractivity contribution is -0.383. The Morgan fingerprint density at radius 2 is 2.10 bits per heavy atom. The molecule has 0 aliphatic heterocycles. The molecule has 0 spiro atoms. The molecule has 3 rings (SSSR count). The van der Waals surface area contributed by atoms with Gasteiger partial charge in [0.1, 0.15) is 5.82 Å². The Morgan fingerprint density at radius 1 is 1.30 bits per heavy atom. The van der Waals surface area contributed by atoms with E-state index in [4.69, 9.17) is 0 Å². The Morgan fingerprint density at radius 3 is 2.75 bits per heavy atom. The molecular weight excluding hydrogens is 258 g/mol. The molecule has 0 bridgehead atoms. The zero-order valence-corrected chi connectivity index (χ0v) is 11.1. The largest absolute Gasteiger partial charge is 0.340 e. The van der Waals surface area contributed by atoms with Gasteiger partial charge < -0.3 is 9.13 Å². The fraction of sp³-hybridized carbons (Fsp3) is 0.231. The van der Waals surface area contributed by atoms with E-state index in [9.17, 15) is 10.1 Å². The molecule has 0 saturated heterocycles. The standard InChI is InChI=1S/C13H13N5O2/c1-9-14-15-13(16(9)2)8-17-7-6-10-11(17)4-3-5-12(10)18(19)20/h3-7H,8H2,1-2H3. The molecule has 2 aromatic heterocycles. The van der Waals surface area contributed by atoms with Gasteiger partial charge in [-0.1, -0.05) is 6.07 Å². The number of benzene rings is 1. The Hall–Kier alpha value is -2.70. The van der Waals surface area contributed by atoms with Crippen LogP contribution in [0, 0.1) is 17.0 Å². The van der Waals surface area contributed by atoms with Crippen LogP contribution < -0.4 is 0 Å². The van der Waals surface area contributed by atoms with Crippen molar-refractivity contribution >= 4 is 16.6 Å². The first-order chi connectivity index (χ1) is 9.58. The van der Waals surface area contributed by atoms with Gasteiger partial charge in [0.15, 0.2) is 5.82 Å². The van der Waals surface area contributed by atoms with Crippen LogP contribution in [0.2, 0.25) is 0 Å². The van der Waals surface area contributed by atoms with Gasteiger partial charge >= 0.3 is 0 Å². The third-order valence-corrected chi connectivity index (χ3v) is 3.48. The second-order valence-corrected chi connectivity index (χ2v) is 4.63. The molecule has 0 unspecified atom stereocenters. The van der Waals surface area contributed by atoms with E-state index < -0.39 is 0 Å². The van der Waals surface area contributed by atoms with Crippen molar-refractivity contribution < 1.29 is 4.92 Å². The van der Waals surface area contributed by atoms with Gasteiger partial charge in [0.05, 0.1) is 22.4 Å². The number of fused-ring (bicyclic) bond motifs is 1. The van der Waals surface area contributed by atoms with E-state index in [-0.39, 0.29) is 10.6 Å². The highest BCUT2D eigenvalue weighted by Gasteiger charge is 2.15. The minimum absolute atomic E-state index is 0.121. The topological polar surface area (TPSA) is 78.8 Å². The zero-order valence-electron chi connectivity index (χ0n) is 11.1. The lowest BCUT2D eigenvalue weighted by atomic mass is 10.2. The van der Waals surface area contributed by atoms with Crippen molar-refractivity contribution in [3.8, 4) is 0 Å². The first-order valence-electron chi connectivity index (χ1n) is 6.15. The van der Waals surface area contributed by atoms with Crippen molar-refractivity contribution in [3.63, 3.8) is 0 Å². The van der Waals surface area contributed by atoms with E-state index in [2.05, 4.69) is 10.2 Å². The van der Waals surface area contributed by atoms with E-state index in [1.165, 1.54) is 6.07 Å². The summed E-state index contributed by atoms with van der Waals surface area (Å²) in [6.07, 6.45) is 1.84. The van der Waals surface area contributed by atoms with Crippen LogP contribution in [-0.2, 0) is 13.6 Å². The number of aromatic nitrogens is 4. The van der Waals surface area contributed by atoms with Crippen LogP contribution in [-0.4, -0.2) is 24.3 Å². The molecule has 0 radical (unpaired) electrons. The van der Waals surface area contributed by atoms with E-state index in [1.54, 1.807) is 12.1 Å². The van der Waals surface area contributed by atoms with E-state index in [1.807, 2.05) is 35.4 Å². The average molecular weight is 271 g/mol. The van der Waals surface area contributed by atoms with Gasteiger partial charge in [-0.15, -0.1) is 10.2 Å². The van der Waals surface area contributed by atoms with Crippen LogP contribution in [0.25, 0.3) is 10.9 Å². The lowest BCUT2D eigenvalue weighted by Gasteiger charge is -2.05. The second kappa shape index (κ2) is 4.44. The van der Waals surface area contributed by atoms with Crippen molar-refractivity contribution in [1.82, 2.24) is 19.3 Å². The molecule has 102 valence electrons. The molecule has 7 nitrogen and oxygen atoms in total. The Labute approximate surface area is 114 Å². The molecule has 0 aliphatic carbocycles. The minimum Gasteiger partial charge on any atom is -0.340 e. The van der Waals surface area contributed by atoms with Gasteiger partial charge in [0, 0.05) is 19.3 Å². The number of hydrogen-bond acceptors (Lipinski definition) is 4. The first kappa shape index (κ1) is 12.3. The molecule has 0 amide bonds. The molecule has 0 saturated carbocycles. The molecule has 0 N–H and O–H groups in total. The van der Waals surface area contributed by atoms with Crippen molar-refractivity contribution in [1.29, 1.82) is 0 Å². The number of rotatable bonds is 3. The molecule has 2 heterocycles. The van der Waals surface area contributed by atoms with Gasteiger partial charge in [-0.05, 0) is 19.1 Å². The molecular formula is C13H13N5O2. The summed E-state index contributed by atoms with van der Waals surface area (Å²) in [6.45, 7) is 2.41. The molecule has 3 aromatic rings. The van der Waals surface area contributed by atoms with Gasteiger partial charge in [0.2, 0.25) is 0 Å². The maximum absolute atomic E-state index is 11.0. The van der Waals surface area contributed by atoms with Crippen LogP contribution in [0.3, 0.4) is 0 Å². The highest BCUT2D eigenvalue weighted by Crippen LogP contribution is 2.26. The number of nitro groups is 1. The number of non-ortho nitro benzene ring substituents is 1. The van der Waals surface area contributed by atoms with Crippen LogP contribution in [0.5, 0.6) is 0 Å². The van der Waals surface area contributed by atoms with Crippen molar-refractivity contribution in [3.05, 3.63) is 52.2 Å². The number of nitrogens with zero attached hydrogens (tertiary/aromatic N) is 5. The summed E-state index contributed by atoms with van der Waals surface area (Å²) in [5.74, 6) is 1.65. The average Bonchev–Trinajstić information content (AvgIpc) is 2.97. The fourth-order valence-corrected chi connectivity index (χ4v) is 2.25. The maximum atomic E-state index is 11.0. The smallest absolute Gasteiger partial charge is 0.278 e.